The van der Waals surface area contributed by atoms with Crippen LogP contribution in [-0.4, -0.2) is 25.2 Å². The Bertz CT molecular complexity index is 136. The summed E-state index contributed by atoms with van der Waals surface area (Å²) in [6, 6.07) is 0. The van der Waals surface area contributed by atoms with Gasteiger partial charge in [-0.05, 0) is 11.1 Å². The Labute approximate surface area is 54.1 Å². The molecule has 0 aromatic rings. The van der Waals surface area contributed by atoms with Crippen molar-refractivity contribution in [2.24, 2.45) is 5.73 Å². The van der Waals surface area contributed by atoms with Crippen LogP contribution in [0.25, 0.3) is 0 Å². The van der Waals surface area contributed by atoms with Crippen LogP contribution in [-0.2, 0) is 15.9 Å². The van der Waals surface area contributed by atoms with Gasteiger partial charge in [-0.3, -0.25) is 9.00 Å². The molecule has 0 bridgehead atoms. The Balaban J connectivity index is 3.63. The van der Waals surface area contributed by atoms with Crippen molar-refractivity contribution in [1.82, 2.24) is 0 Å². The minimum Gasteiger partial charge on any atom is -0.771 e. The molecule has 0 heterocycles. The van der Waals surface area contributed by atoms with E-state index < -0.39 is 28.8 Å². The third-order valence-corrected chi connectivity index (χ3v) is 1.28. The second-order valence-electron chi connectivity index (χ2n) is 1.40. The molecule has 3 N–H and O–H groups in total. The molecule has 0 rings (SSSR count). The van der Waals surface area contributed by atoms with E-state index in [9.17, 15) is 13.6 Å². The summed E-state index contributed by atoms with van der Waals surface area (Å²) in [6.45, 7) is 0. The second-order valence-corrected chi connectivity index (χ2v) is 2.52. The van der Waals surface area contributed by atoms with Crippen molar-refractivity contribution in [3.63, 3.8) is 0 Å². The molecule has 2 unspecified atom stereocenters. The first-order valence-corrected chi connectivity index (χ1v) is 3.23. The molecular weight excluding hydrogens is 146 g/mol. The molecule has 0 aromatic carbocycles. The standard InChI is InChI=1S/C3H7NO4S/c4-2(9(7)8)1-3(5)6/h2H,1,4H2,(H,5,6)(H,7,8)/p-1. The lowest BCUT2D eigenvalue weighted by molar-refractivity contribution is -0.137. The second kappa shape index (κ2) is 3.54. The van der Waals surface area contributed by atoms with Gasteiger partial charge < -0.3 is 15.4 Å². The van der Waals surface area contributed by atoms with Crippen LogP contribution in [0.5, 0.6) is 0 Å². The quantitative estimate of drug-likeness (QED) is 0.485. The van der Waals surface area contributed by atoms with Gasteiger partial charge in [0.2, 0.25) is 0 Å². The van der Waals surface area contributed by atoms with Gasteiger partial charge in [0.1, 0.15) is 0 Å². The van der Waals surface area contributed by atoms with E-state index in [1.54, 1.807) is 0 Å². The van der Waals surface area contributed by atoms with E-state index in [1.165, 1.54) is 0 Å². The lowest BCUT2D eigenvalue weighted by Crippen LogP contribution is -2.28. The molecule has 0 aromatic heterocycles. The lowest BCUT2D eigenvalue weighted by atomic mass is 10.4. The van der Waals surface area contributed by atoms with Crippen LogP contribution in [0.4, 0.5) is 0 Å². The van der Waals surface area contributed by atoms with Crippen molar-refractivity contribution in [3.05, 3.63) is 0 Å². The maximum absolute atomic E-state index is 9.85. The molecular formula is C3H6NO4S-. The number of hydrogen-bond acceptors (Lipinski definition) is 4. The summed E-state index contributed by atoms with van der Waals surface area (Å²) < 4.78 is 19.7. The van der Waals surface area contributed by atoms with E-state index in [0.717, 1.165) is 0 Å². The van der Waals surface area contributed by atoms with Gasteiger partial charge >= 0.3 is 5.97 Å². The zero-order valence-electron chi connectivity index (χ0n) is 4.44. The predicted molar refractivity (Wildman–Crippen MR) is 29.1 cm³/mol. The zero-order valence-corrected chi connectivity index (χ0v) is 5.26. The Morgan fingerprint density at radius 2 is 2.33 bits per heavy atom. The van der Waals surface area contributed by atoms with Crippen LogP contribution in [0, 0.1) is 0 Å². The summed E-state index contributed by atoms with van der Waals surface area (Å²) in [7, 11) is 0. The van der Waals surface area contributed by atoms with E-state index in [1.807, 2.05) is 0 Å². The average Bonchev–Trinajstić information content (AvgIpc) is 1.63. The molecule has 0 saturated heterocycles. The maximum Gasteiger partial charge on any atom is 0.305 e. The van der Waals surface area contributed by atoms with Crippen LogP contribution in [0.1, 0.15) is 6.42 Å². The van der Waals surface area contributed by atoms with Gasteiger partial charge in [-0.1, -0.05) is 0 Å². The van der Waals surface area contributed by atoms with E-state index in [2.05, 4.69) is 0 Å². The smallest absolute Gasteiger partial charge is 0.305 e. The minimum atomic E-state index is -2.48. The number of carboxylic acid groups (broad SMARTS) is 1. The van der Waals surface area contributed by atoms with Gasteiger partial charge in [-0.25, -0.2) is 0 Å². The first-order chi connectivity index (χ1) is 4.04. The van der Waals surface area contributed by atoms with Crippen molar-refractivity contribution in [2.45, 2.75) is 11.8 Å². The first-order valence-electron chi connectivity index (χ1n) is 2.09. The molecule has 2 atom stereocenters. The number of rotatable bonds is 3. The fourth-order valence-corrected chi connectivity index (χ4v) is 0.519. The summed E-state index contributed by atoms with van der Waals surface area (Å²) in [4.78, 5) is 9.76. The topological polar surface area (TPSA) is 103 Å². The minimum absolute atomic E-state index is 0.546. The van der Waals surface area contributed by atoms with Gasteiger partial charge in [0.05, 0.1) is 11.8 Å². The molecule has 9 heavy (non-hydrogen) atoms. The summed E-state index contributed by atoms with van der Waals surface area (Å²) in [5.74, 6) is -1.22. The van der Waals surface area contributed by atoms with Crippen LogP contribution in [0.3, 0.4) is 0 Å². The van der Waals surface area contributed by atoms with Crippen molar-refractivity contribution < 1.29 is 18.7 Å². The highest BCUT2D eigenvalue weighted by Crippen LogP contribution is 1.90. The summed E-state index contributed by atoms with van der Waals surface area (Å²) in [5.41, 5.74) is 4.82. The van der Waals surface area contributed by atoms with Gasteiger partial charge in [0.15, 0.2) is 0 Å². The van der Waals surface area contributed by atoms with Gasteiger partial charge in [-0.2, -0.15) is 0 Å². The monoisotopic (exact) mass is 152 g/mol. The molecule has 0 aliphatic heterocycles. The van der Waals surface area contributed by atoms with Crippen LogP contribution < -0.4 is 5.73 Å². The Morgan fingerprint density at radius 1 is 1.89 bits per heavy atom. The van der Waals surface area contributed by atoms with Crippen LogP contribution in [0.2, 0.25) is 0 Å². The molecule has 5 nitrogen and oxygen atoms in total. The number of aliphatic carboxylic acids is 1. The van der Waals surface area contributed by atoms with Crippen LogP contribution >= 0.6 is 0 Å². The van der Waals surface area contributed by atoms with Gasteiger partial charge in [0.25, 0.3) is 0 Å². The van der Waals surface area contributed by atoms with E-state index in [-0.39, 0.29) is 0 Å². The highest BCUT2D eigenvalue weighted by Gasteiger charge is 2.06. The first kappa shape index (κ1) is 8.54. The normalized spacial score (nSPS) is 16.7. The Kier molecular flexibility index (Phi) is 3.36. The number of hydrogen-bond donors (Lipinski definition) is 2. The fraction of sp³-hybridized carbons (Fsp3) is 0.667. The van der Waals surface area contributed by atoms with Crippen molar-refractivity contribution in [2.75, 3.05) is 0 Å². The molecule has 0 spiro atoms. The van der Waals surface area contributed by atoms with E-state index in [4.69, 9.17) is 10.8 Å². The largest absolute Gasteiger partial charge is 0.771 e. The molecule has 6 heteroatoms. The number of carboxylic acids is 1. The Hall–Kier alpha value is -0.460. The van der Waals surface area contributed by atoms with E-state index in [0.29, 0.717) is 0 Å². The molecule has 0 saturated carbocycles. The SMILES string of the molecule is NC(CC(=O)O)S(=O)[O-]. The van der Waals surface area contributed by atoms with E-state index >= 15 is 0 Å². The average molecular weight is 152 g/mol. The highest BCUT2D eigenvalue weighted by molar-refractivity contribution is 7.79. The third-order valence-electron chi connectivity index (χ3n) is 0.623. The summed E-state index contributed by atoms with van der Waals surface area (Å²) in [5, 5.41) is 6.69. The summed E-state index contributed by atoms with van der Waals surface area (Å²) in [6.07, 6.45) is -0.546. The zero-order chi connectivity index (χ0) is 7.44. The molecule has 0 amide bonds. The maximum atomic E-state index is 9.85. The third kappa shape index (κ3) is 4.07. The van der Waals surface area contributed by atoms with Crippen molar-refractivity contribution in [1.29, 1.82) is 0 Å². The highest BCUT2D eigenvalue weighted by atomic mass is 32.2. The van der Waals surface area contributed by atoms with Crippen LogP contribution in [0.15, 0.2) is 0 Å². The predicted octanol–water partition coefficient (Wildman–Crippen LogP) is -1.38. The van der Waals surface area contributed by atoms with Crippen molar-refractivity contribution in [3.8, 4) is 0 Å². The van der Waals surface area contributed by atoms with Crippen molar-refractivity contribution >= 4 is 17.0 Å². The molecule has 0 aliphatic rings. The molecule has 0 aliphatic carbocycles. The molecule has 0 radical (unpaired) electrons. The van der Waals surface area contributed by atoms with Gasteiger partial charge in [-0.15, -0.1) is 0 Å². The van der Waals surface area contributed by atoms with Gasteiger partial charge in [0, 0.05) is 0 Å². The summed E-state index contributed by atoms with van der Waals surface area (Å²) >= 11 is -2.48. The number of nitrogens with two attached hydrogens (primary N) is 1. The Morgan fingerprint density at radius 3 is 2.44 bits per heavy atom. The fourth-order valence-electron chi connectivity index (χ4n) is 0.240. The number of carbonyl (C=O) groups is 1. The molecule has 0 fully saturated rings. The molecule has 54 valence electrons. The lowest BCUT2D eigenvalue weighted by Gasteiger charge is -2.10.